The van der Waals surface area contributed by atoms with Gasteiger partial charge in [0.15, 0.2) is 0 Å². The van der Waals surface area contributed by atoms with Crippen molar-refractivity contribution in [2.24, 2.45) is 5.73 Å². The van der Waals surface area contributed by atoms with E-state index in [1.807, 2.05) is 12.1 Å². The zero-order valence-electron chi connectivity index (χ0n) is 12.5. The normalized spacial score (nSPS) is 12.5. The SMILES string of the molecule is CCCCN(CC)c1c(Cl)cccc1CC(N)CC. The highest BCUT2D eigenvalue weighted by Gasteiger charge is 2.15. The van der Waals surface area contributed by atoms with Crippen LogP contribution in [0, 0.1) is 0 Å². The van der Waals surface area contributed by atoms with Gasteiger partial charge in [0.1, 0.15) is 0 Å². The lowest BCUT2D eigenvalue weighted by molar-refractivity contribution is 0.642. The molecule has 0 amide bonds. The molecule has 19 heavy (non-hydrogen) atoms. The summed E-state index contributed by atoms with van der Waals surface area (Å²) in [4.78, 5) is 2.38. The van der Waals surface area contributed by atoms with Crippen LogP contribution in [0.2, 0.25) is 5.02 Å². The molecule has 1 aromatic rings. The van der Waals surface area contributed by atoms with Gasteiger partial charge in [-0.2, -0.15) is 0 Å². The third-order valence-electron chi connectivity index (χ3n) is 3.56. The summed E-state index contributed by atoms with van der Waals surface area (Å²) in [6.07, 6.45) is 4.28. The number of para-hydroxylation sites is 1. The lowest BCUT2D eigenvalue weighted by Gasteiger charge is -2.27. The summed E-state index contributed by atoms with van der Waals surface area (Å²) >= 11 is 6.43. The van der Waals surface area contributed by atoms with E-state index < -0.39 is 0 Å². The Kier molecular flexibility index (Phi) is 7.25. The monoisotopic (exact) mass is 282 g/mol. The summed E-state index contributed by atoms with van der Waals surface area (Å²) in [7, 11) is 0. The molecule has 1 atom stereocenters. The summed E-state index contributed by atoms with van der Waals surface area (Å²) in [5, 5.41) is 0.846. The molecule has 0 fully saturated rings. The molecule has 0 spiro atoms. The number of hydrogen-bond donors (Lipinski definition) is 1. The molecule has 1 rings (SSSR count). The van der Waals surface area contributed by atoms with E-state index in [0.29, 0.717) is 0 Å². The quantitative estimate of drug-likeness (QED) is 0.772. The lowest BCUT2D eigenvalue weighted by Crippen LogP contribution is -2.28. The topological polar surface area (TPSA) is 29.3 Å². The number of benzene rings is 1. The third-order valence-corrected chi connectivity index (χ3v) is 3.86. The van der Waals surface area contributed by atoms with Crippen LogP contribution in [0.3, 0.4) is 0 Å². The minimum Gasteiger partial charge on any atom is -0.370 e. The molecule has 0 saturated heterocycles. The Bertz CT molecular complexity index is 379. The van der Waals surface area contributed by atoms with Gasteiger partial charge in [0.05, 0.1) is 10.7 Å². The fraction of sp³-hybridized carbons (Fsp3) is 0.625. The van der Waals surface area contributed by atoms with Crippen molar-refractivity contribution in [3.63, 3.8) is 0 Å². The van der Waals surface area contributed by atoms with Gasteiger partial charge >= 0.3 is 0 Å². The zero-order chi connectivity index (χ0) is 14.3. The molecular formula is C16H27ClN2. The summed E-state index contributed by atoms with van der Waals surface area (Å²) in [5.41, 5.74) is 8.57. The van der Waals surface area contributed by atoms with E-state index in [9.17, 15) is 0 Å². The number of hydrogen-bond acceptors (Lipinski definition) is 2. The van der Waals surface area contributed by atoms with Gasteiger partial charge in [-0.05, 0) is 37.8 Å². The highest BCUT2D eigenvalue weighted by molar-refractivity contribution is 6.33. The van der Waals surface area contributed by atoms with Crippen LogP contribution in [0.25, 0.3) is 0 Å². The van der Waals surface area contributed by atoms with E-state index in [1.165, 1.54) is 24.1 Å². The van der Waals surface area contributed by atoms with Crippen molar-refractivity contribution in [3.8, 4) is 0 Å². The number of nitrogens with zero attached hydrogens (tertiary/aromatic N) is 1. The molecule has 2 nitrogen and oxygen atoms in total. The molecule has 3 heteroatoms. The predicted octanol–water partition coefficient (Wildman–Crippen LogP) is 4.25. The van der Waals surface area contributed by atoms with Crippen molar-refractivity contribution in [2.75, 3.05) is 18.0 Å². The number of anilines is 1. The summed E-state index contributed by atoms with van der Waals surface area (Å²) in [5.74, 6) is 0. The lowest BCUT2D eigenvalue weighted by atomic mass is 10.0. The summed E-state index contributed by atoms with van der Waals surface area (Å²) < 4.78 is 0. The molecule has 0 aromatic heterocycles. The number of unbranched alkanes of at least 4 members (excludes halogenated alkanes) is 1. The first-order valence-corrected chi connectivity index (χ1v) is 7.79. The molecule has 0 heterocycles. The van der Waals surface area contributed by atoms with E-state index in [-0.39, 0.29) is 6.04 Å². The van der Waals surface area contributed by atoms with Crippen LogP contribution in [0.4, 0.5) is 5.69 Å². The standard InChI is InChI=1S/C16H27ClN2/c1-4-7-11-19(6-3)16-13(12-14(18)5-2)9-8-10-15(16)17/h8-10,14H,4-7,11-12,18H2,1-3H3. The van der Waals surface area contributed by atoms with Crippen LogP contribution in [-0.4, -0.2) is 19.1 Å². The maximum Gasteiger partial charge on any atom is 0.0642 e. The van der Waals surface area contributed by atoms with Gasteiger partial charge in [0.2, 0.25) is 0 Å². The van der Waals surface area contributed by atoms with Crippen LogP contribution in [-0.2, 0) is 6.42 Å². The van der Waals surface area contributed by atoms with Gasteiger partial charge in [-0.1, -0.05) is 44.0 Å². The Morgan fingerprint density at radius 1 is 1.26 bits per heavy atom. The molecular weight excluding hydrogens is 256 g/mol. The number of halogens is 1. The smallest absolute Gasteiger partial charge is 0.0642 e. The first-order valence-electron chi connectivity index (χ1n) is 7.41. The van der Waals surface area contributed by atoms with Crippen LogP contribution >= 0.6 is 11.6 Å². The second-order valence-corrected chi connectivity index (χ2v) is 5.46. The van der Waals surface area contributed by atoms with E-state index >= 15 is 0 Å². The highest BCUT2D eigenvalue weighted by Crippen LogP contribution is 2.31. The van der Waals surface area contributed by atoms with Crippen LogP contribution in [0.1, 0.15) is 45.6 Å². The number of nitrogens with two attached hydrogens (primary N) is 1. The average Bonchev–Trinajstić information content (AvgIpc) is 2.41. The Labute approximate surface area is 122 Å². The van der Waals surface area contributed by atoms with Crippen LogP contribution in [0.15, 0.2) is 18.2 Å². The number of rotatable bonds is 8. The Hall–Kier alpha value is -0.730. The maximum atomic E-state index is 6.43. The molecule has 0 aliphatic rings. The fourth-order valence-corrected chi connectivity index (χ4v) is 2.60. The van der Waals surface area contributed by atoms with Gasteiger partial charge in [-0.25, -0.2) is 0 Å². The van der Waals surface area contributed by atoms with Crippen molar-refractivity contribution in [1.82, 2.24) is 0 Å². The van der Waals surface area contributed by atoms with Crippen molar-refractivity contribution in [3.05, 3.63) is 28.8 Å². The minimum atomic E-state index is 0.210. The molecule has 2 N–H and O–H groups in total. The van der Waals surface area contributed by atoms with E-state index in [4.69, 9.17) is 17.3 Å². The van der Waals surface area contributed by atoms with Crippen molar-refractivity contribution in [2.45, 2.75) is 52.5 Å². The van der Waals surface area contributed by atoms with E-state index in [0.717, 1.165) is 31.0 Å². The Morgan fingerprint density at radius 3 is 2.58 bits per heavy atom. The van der Waals surface area contributed by atoms with E-state index in [2.05, 4.69) is 31.7 Å². The molecule has 0 aliphatic heterocycles. The Morgan fingerprint density at radius 2 is 2.00 bits per heavy atom. The molecule has 0 bridgehead atoms. The predicted molar refractivity (Wildman–Crippen MR) is 86.2 cm³/mol. The van der Waals surface area contributed by atoms with Crippen molar-refractivity contribution < 1.29 is 0 Å². The molecule has 1 unspecified atom stereocenters. The van der Waals surface area contributed by atoms with Crippen LogP contribution in [0.5, 0.6) is 0 Å². The Balaban J connectivity index is 3.00. The fourth-order valence-electron chi connectivity index (χ4n) is 2.28. The summed E-state index contributed by atoms with van der Waals surface area (Å²) in [6.45, 7) is 8.57. The van der Waals surface area contributed by atoms with Gasteiger partial charge in [-0.3, -0.25) is 0 Å². The first kappa shape index (κ1) is 16.3. The molecule has 0 saturated carbocycles. The van der Waals surface area contributed by atoms with Gasteiger partial charge in [0.25, 0.3) is 0 Å². The minimum absolute atomic E-state index is 0.210. The van der Waals surface area contributed by atoms with Gasteiger partial charge in [0, 0.05) is 19.1 Å². The average molecular weight is 283 g/mol. The third kappa shape index (κ3) is 4.70. The van der Waals surface area contributed by atoms with E-state index in [1.54, 1.807) is 0 Å². The largest absolute Gasteiger partial charge is 0.370 e. The van der Waals surface area contributed by atoms with Crippen molar-refractivity contribution >= 4 is 17.3 Å². The molecule has 1 aromatic carbocycles. The molecule has 0 aliphatic carbocycles. The van der Waals surface area contributed by atoms with Gasteiger partial charge in [-0.15, -0.1) is 0 Å². The second kappa shape index (κ2) is 8.44. The molecule has 0 radical (unpaired) electrons. The van der Waals surface area contributed by atoms with Crippen LogP contribution < -0.4 is 10.6 Å². The second-order valence-electron chi connectivity index (χ2n) is 5.05. The summed E-state index contributed by atoms with van der Waals surface area (Å²) in [6, 6.07) is 6.37. The molecule has 108 valence electrons. The highest BCUT2D eigenvalue weighted by atomic mass is 35.5. The zero-order valence-corrected chi connectivity index (χ0v) is 13.2. The first-order chi connectivity index (χ1) is 9.13. The van der Waals surface area contributed by atoms with Crippen molar-refractivity contribution in [1.29, 1.82) is 0 Å². The van der Waals surface area contributed by atoms with Gasteiger partial charge < -0.3 is 10.6 Å². The maximum absolute atomic E-state index is 6.43.